The highest BCUT2D eigenvalue weighted by Gasteiger charge is 2.43. The van der Waals surface area contributed by atoms with Crippen molar-refractivity contribution >= 4 is 5.78 Å². The summed E-state index contributed by atoms with van der Waals surface area (Å²) < 4.78 is 11.4. The van der Waals surface area contributed by atoms with Crippen LogP contribution in [0.5, 0.6) is 0 Å². The lowest BCUT2D eigenvalue weighted by Gasteiger charge is -2.31. The second-order valence-corrected chi connectivity index (χ2v) is 4.21. The standard InChI is InChI=1S/C11H18O3/c1-2-9(12)10-8-13-11(14-10)6-4-3-5-7-11/h10H,2-8H2,1H3. The van der Waals surface area contributed by atoms with Crippen molar-refractivity contribution in [3.05, 3.63) is 0 Å². The maximum Gasteiger partial charge on any atom is 0.169 e. The Morgan fingerprint density at radius 3 is 2.71 bits per heavy atom. The molecule has 0 N–H and O–H groups in total. The highest BCUT2D eigenvalue weighted by atomic mass is 16.7. The Morgan fingerprint density at radius 1 is 1.36 bits per heavy atom. The van der Waals surface area contributed by atoms with Crippen LogP contribution in [0.15, 0.2) is 0 Å². The van der Waals surface area contributed by atoms with Gasteiger partial charge < -0.3 is 9.47 Å². The summed E-state index contributed by atoms with van der Waals surface area (Å²) in [6.07, 6.45) is 5.75. The van der Waals surface area contributed by atoms with Crippen molar-refractivity contribution in [1.29, 1.82) is 0 Å². The SMILES string of the molecule is CCC(=O)C1COC2(CCCCC2)O1. The zero-order chi connectivity index (χ0) is 10.0. The summed E-state index contributed by atoms with van der Waals surface area (Å²) in [7, 11) is 0. The van der Waals surface area contributed by atoms with Crippen molar-refractivity contribution in [1.82, 2.24) is 0 Å². The van der Waals surface area contributed by atoms with Gasteiger partial charge in [-0.25, -0.2) is 0 Å². The first-order valence-electron chi connectivity index (χ1n) is 5.60. The lowest BCUT2D eigenvalue weighted by atomic mass is 9.94. The molecule has 1 atom stereocenters. The summed E-state index contributed by atoms with van der Waals surface area (Å²) in [5, 5.41) is 0. The minimum Gasteiger partial charge on any atom is -0.347 e. The molecule has 0 bridgehead atoms. The van der Waals surface area contributed by atoms with Gasteiger partial charge >= 0.3 is 0 Å². The largest absolute Gasteiger partial charge is 0.347 e. The first-order valence-corrected chi connectivity index (χ1v) is 5.60. The quantitative estimate of drug-likeness (QED) is 0.681. The van der Waals surface area contributed by atoms with E-state index in [0.29, 0.717) is 13.0 Å². The lowest BCUT2D eigenvalue weighted by Crippen LogP contribution is -2.34. The minimum absolute atomic E-state index is 0.174. The second-order valence-electron chi connectivity index (χ2n) is 4.21. The molecule has 1 aliphatic heterocycles. The Kier molecular flexibility index (Phi) is 2.88. The summed E-state index contributed by atoms with van der Waals surface area (Å²) in [5.41, 5.74) is 0. The molecule has 3 nitrogen and oxygen atoms in total. The number of ether oxygens (including phenoxy) is 2. The fraction of sp³-hybridized carbons (Fsp3) is 0.909. The van der Waals surface area contributed by atoms with E-state index in [0.717, 1.165) is 25.7 Å². The van der Waals surface area contributed by atoms with Gasteiger partial charge in [0.15, 0.2) is 11.6 Å². The van der Waals surface area contributed by atoms with Crippen LogP contribution in [0.1, 0.15) is 45.4 Å². The first-order chi connectivity index (χ1) is 6.76. The Labute approximate surface area is 84.8 Å². The summed E-state index contributed by atoms with van der Waals surface area (Å²) in [4.78, 5) is 11.4. The molecule has 2 fully saturated rings. The van der Waals surface area contributed by atoms with E-state index in [4.69, 9.17) is 9.47 Å². The molecule has 0 aromatic heterocycles. The van der Waals surface area contributed by atoms with Gasteiger partial charge in [0.05, 0.1) is 6.61 Å². The third-order valence-electron chi connectivity index (χ3n) is 3.18. The van der Waals surface area contributed by atoms with Crippen molar-refractivity contribution in [3.63, 3.8) is 0 Å². The normalized spacial score (nSPS) is 30.8. The van der Waals surface area contributed by atoms with E-state index in [1.807, 2.05) is 6.92 Å². The molecule has 1 unspecified atom stereocenters. The Morgan fingerprint density at radius 2 is 2.07 bits per heavy atom. The molecule has 2 aliphatic rings. The van der Waals surface area contributed by atoms with E-state index >= 15 is 0 Å². The number of Topliss-reactive ketones (excluding diaryl/α,β-unsaturated/α-hetero) is 1. The molecule has 0 radical (unpaired) electrons. The number of carbonyl (C=O) groups excluding carboxylic acids is 1. The highest BCUT2D eigenvalue weighted by molar-refractivity contribution is 5.83. The Hall–Kier alpha value is -0.410. The fourth-order valence-electron chi connectivity index (χ4n) is 2.29. The van der Waals surface area contributed by atoms with Crippen molar-refractivity contribution in [3.8, 4) is 0 Å². The van der Waals surface area contributed by atoms with Crippen molar-refractivity contribution < 1.29 is 14.3 Å². The van der Waals surface area contributed by atoms with Gasteiger partial charge in [0.25, 0.3) is 0 Å². The monoisotopic (exact) mass is 198 g/mol. The third kappa shape index (κ3) is 1.84. The highest BCUT2D eigenvalue weighted by Crippen LogP contribution is 2.37. The van der Waals surface area contributed by atoms with Crippen LogP contribution < -0.4 is 0 Å². The van der Waals surface area contributed by atoms with Crippen LogP contribution >= 0.6 is 0 Å². The van der Waals surface area contributed by atoms with Gasteiger partial charge in [-0.2, -0.15) is 0 Å². The fourth-order valence-corrected chi connectivity index (χ4v) is 2.29. The second kappa shape index (κ2) is 3.99. The van der Waals surface area contributed by atoms with Crippen LogP contribution in [0, 0.1) is 0 Å². The molecular formula is C11H18O3. The molecule has 1 aliphatic carbocycles. The van der Waals surface area contributed by atoms with Gasteiger partial charge in [-0.1, -0.05) is 13.3 Å². The minimum atomic E-state index is -0.395. The average molecular weight is 198 g/mol. The Balaban J connectivity index is 1.95. The molecule has 2 rings (SSSR count). The lowest BCUT2D eigenvalue weighted by molar-refractivity contribution is -0.188. The van der Waals surface area contributed by atoms with E-state index in [-0.39, 0.29) is 11.9 Å². The summed E-state index contributed by atoms with van der Waals surface area (Å²) in [5.74, 6) is -0.222. The molecule has 1 spiro atoms. The van der Waals surface area contributed by atoms with Crippen molar-refractivity contribution in [2.45, 2.75) is 57.3 Å². The smallest absolute Gasteiger partial charge is 0.169 e. The van der Waals surface area contributed by atoms with E-state index in [1.54, 1.807) is 0 Å². The van der Waals surface area contributed by atoms with Gasteiger partial charge in [-0.05, 0) is 12.8 Å². The Bertz CT molecular complexity index is 219. The van der Waals surface area contributed by atoms with E-state index in [2.05, 4.69) is 0 Å². The summed E-state index contributed by atoms with van der Waals surface area (Å²) in [6, 6.07) is 0. The molecule has 3 heteroatoms. The summed E-state index contributed by atoms with van der Waals surface area (Å²) in [6.45, 7) is 2.34. The van der Waals surface area contributed by atoms with E-state index in [9.17, 15) is 4.79 Å². The molecule has 0 aromatic carbocycles. The molecule has 0 amide bonds. The van der Waals surface area contributed by atoms with Crippen LogP contribution in [0.4, 0.5) is 0 Å². The molecule has 80 valence electrons. The number of hydrogen-bond acceptors (Lipinski definition) is 3. The zero-order valence-electron chi connectivity index (χ0n) is 8.75. The van der Waals surface area contributed by atoms with Gasteiger partial charge in [0.1, 0.15) is 6.10 Å². The van der Waals surface area contributed by atoms with Crippen molar-refractivity contribution in [2.24, 2.45) is 0 Å². The van der Waals surface area contributed by atoms with E-state index < -0.39 is 5.79 Å². The maximum absolute atomic E-state index is 11.4. The number of carbonyl (C=O) groups is 1. The van der Waals surface area contributed by atoms with Crippen LogP contribution in [-0.4, -0.2) is 24.3 Å². The first kappa shape index (κ1) is 10.1. The molecule has 1 heterocycles. The molecular weight excluding hydrogens is 180 g/mol. The van der Waals surface area contributed by atoms with Gasteiger partial charge in [-0.3, -0.25) is 4.79 Å². The van der Waals surface area contributed by atoms with Crippen LogP contribution in [0.25, 0.3) is 0 Å². The zero-order valence-corrected chi connectivity index (χ0v) is 8.75. The van der Waals surface area contributed by atoms with Gasteiger partial charge in [0.2, 0.25) is 0 Å². The molecule has 14 heavy (non-hydrogen) atoms. The number of ketones is 1. The van der Waals surface area contributed by atoms with Crippen molar-refractivity contribution in [2.75, 3.05) is 6.61 Å². The predicted molar refractivity (Wildman–Crippen MR) is 51.9 cm³/mol. The number of rotatable bonds is 2. The molecule has 1 saturated carbocycles. The molecule has 0 aromatic rings. The van der Waals surface area contributed by atoms with Crippen LogP contribution in [0.3, 0.4) is 0 Å². The average Bonchev–Trinajstić information content (AvgIpc) is 2.62. The summed E-state index contributed by atoms with van der Waals surface area (Å²) >= 11 is 0. The van der Waals surface area contributed by atoms with Crippen LogP contribution in [-0.2, 0) is 14.3 Å². The van der Waals surface area contributed by atoms with Crippen LogP contribution in [0.2, 0.25) is 0 Å². The van der Waals surface area contributed by atoms with Gasteiger partial charge in [0, 0.05) is 19.3 Å². The third-order valence-corrected chi connectivity index (χ3v) is 3.18. The maximum atomic E-state index is 11.4. The van der Waals surface area contributed by atoms with E-state index in [1.165, 1.54) is 6.42 Å². The topological polar surface area (TPSA) is 35.5 Å². The predicted octanol–water partition coefficient (Wildman–Crippen LogP) is 2.04. The van der Waals surface area contributed by atoms with Gasteiger partial charge in [-0.15, -0.1) is 0 Å². The number of hydrogen-bond donors (Lipinski definition) is 0. The molecule has 1 saturated heterocycles.